The highest BCUT2D eigenvalue weighted by molar-refractivity contribution is 5.91. The molecule has 1 aliphatic rings. The van der Waals surface area contributed by atoms with Gasteiger partial charge in [0.25, 0.3) is 5.92 Å². The molecule has 3 N–H and O–H groups in total. The van der Waals surface area contributed by atoms with Gasteiger partial charge < -0.3 is 10.4 Å². The van der Waals surface area contributed by atoms with Crippen molar-refractivity contribution in [2.75, 3.05) is 25.0 Å². The van der Waals surface area contributed by atoms with Gasteiger partial charge in [-0.25, -0.2) is 8.78 Å². The second-order valence-corrected chi connectivity index (χ2v) is 8.13. The SMILES string of the molecule is O=C(CN1CC(F)(F)C1)Nc1cn(CCCCn2cc(C(O)NCc3ccccn3)nn2)nn1. The lowest BCUT2D eigenvalue weighted by molar-refractivity contribution is -0.141. The number of anilines is 1. The average Bonchev–Trinajstić information content (AvgIpc) is 3.44. The lowest BCUT2D eigenvalue weighted by Gasteiger charge is -2.37. The Balaban J connectivity index is 1.12. The molecule has 4 rings (SSSR count). The van der Waals surface area contributed by atoms with E-state index < -0.39 is 31.1 Å². The molecule has 0 saturated carbocycles. The largest absolute Gasteiger partial charge is 0.373 e. The molecule has 4 heterocycles. The fraction of sp³-hybridized carbons (Fsp3) is 0.500. The van der Waals surface area contributed by atoms with Crippen molar-refractivity contribution in [3.05, 3.63) is 48.2 Å². The van der Waals surface area contributed by atoms with Crippen molar-refractivity contribution in [2.45, 2.75) is 44.6 Å². The number of alkyl halides is 2. The molecule has 34 heavy (non-hydrogen) atoms. The summed E-state index contributed by atoms with van der Waals surface area (Å²) in [4.78, 5) is 17.5. The van der Waals surface area contributed by atoms with E-state index in [1.165, 1.54) is 4.90 Å². The van der Waals surface area contributed by atoms with Gasteiger partial charge in [-0.3, -0.25) is 29.4 Å². The Bertz CT molecular complexity index is 1070. The quantitative estimate of drug-likeness (QED) is 0.251. The van der Waals surface area contributed by atoms with Gasteiger partial charge in [-0.15, -0.1) is 10.2 Å². The van der Waals surface area contributed by atoms with Crippen molar-refractivity contribution < 1.29 is 18.7 Å². The third-order valence-electron chi connectivity index (χ3n) is 5.15. The summed E-state index contributed by atoms with van der Waals surface area (Å²) in [6, 6.07) is 5.57. The van der Waals surface area contributed by atoms with Crippen LogP contribution in [0.25, 0.3) is 0 Å². The van der Waals surface area contributed by atoms with Crippen molar-refractivity contribution in [1.82, 2.24) is 45.2 Å². The van der Waals surface area contributed by atoms with Crippen LogP contribution >= 0.6 is 0 Å². The number of hydrogen-bond acceptors (Lipinski definition) is 9. The smallest absolute Gasteiger partial charge is 0.272 e. The van der Waals surface area contributed by atoms with Gasteiger partial charge in [0, 0.05) is 25.8 Å². The highest BCUT2D eigenvalue weighted by Crippen LogP contribution is 2.25. The summed E-state index contributed by atoms with van der Waals surface area (Å²) in [5.74, 6) is -2.82. The summed E-state index contributed by atoms with van der Waals surface area (Å²) < 4.78 is 28.9. The second kappa shape index (κ2) is 10.7. The van der Waals surface area contributed by atoms with Crippen molar-refractivity contribution in [3.8, 4) is 0 Å². The standard InChI is InChI=1S/C20H26F2N10O2/c21-20(22)13-30(14-20)12-18(33)25-17-11-32(29-27-17)8-4-3-7-31-10-16(26-28-31)19(34)24-9-15-5-1-2-6-23-15/h1-2,5-6,10-11,19,24,34H,3-4,7-9,12-14H2,(H,25,33). The zero-order chi connectivity index (χ0) is 24.0. The third-order valence-corrected chi connectivity index (χ3v) is 5.15. The van der Waals surface area contributed by atoms with Gasteiger partial charge in [-0.1, -0.05) is 16.5 Å². The minimum atomic E-state index is -2.70. The molecule has 0 aliphatic carbocycles. The first-order chi connectivity index (χ1) is 16.4. The van der Waals surface area contributed by atoms with Crippen LogP contribution in [0.1, 0.15) is 30.5 Å². The lowest BCUT2D eigenvalue weighted by Crippen LogP contribution is -2.57. The van der Waals surface area contributed by atoms with Crippen LogP contribution in [0.2, 0.25) is 0 Å². The fourth-order valence-electron chi connectivity index (χ4n) is 3.47. The number of nitrogens with zero attached hydrogens (tertiary/aromatic N) is 8. The summed E-state index contributed by atoms with van der Waals surface area (Å²) in [6.07, 6.45) is 5.58. The number of carbonyl (C=O) groups is 1. The highest BCUT2D eigenvalue weighted by Gasteiger charge is 2.44. The molecule has 1 unspecified atom stereocenters. The van der Waals surface area contributed by atoms with Gasteiger partial charge in [-0.2, -0.15) is 0 Å². The van der Waals surface area contributed by atoms with E-state index in [2.05, 4.69) is 36.2 Å². The van der Waals surface area contributed by atoms with Gasteiger partial charge in [0.05, 0.1) is 37.7 Å². The zero-order valence-electron chi connectivity index (χ0n) is 18.4. The summed E-state index contributed by atoms with van der Waals surface area (Å²) >= 11 is 0. The minimum Gasteiger partial charge on any atom is -0.373 e. The second-order valence-electron chi connectivity index (χ2n) is 8.13. The van der Waals surface area contributed by atoms with Crippen LogP contribution in [0.15, 0.2) is 36.8 Å². The van der Waals surface area contributed by atoms with Crippen LogP contribution in [-0.4, -0.2) is 76.4 Å². The number of likely N-dealkylation sites (tertiary alicyclic amines) is 1. The van der Waals surface area contributed by atoms with Crippen LogP contribution in [-0.2, 0) is 24.4 Å². The normalized spacial score (nSPS) is 16.2. The molecule has 0 radical (unpaired) electrons. The van der Waals surface area contributed by atoms with Gasteiger partial charge in [-0.05, 0) is 25.0 Å². The van der Waals surface area contributed by atoms with Crippen LogP contribution in [0.3, 0.4) is 0 Å². The molecule has 0 spiro atoms. The Hall–Kier alpha value is -3.36. The zero-order valence-corrected chi connectivity index (χ0v) is 18.4. The first-order valence-electron chi connectivity index (χ1n) is 10.9. The first kappa shape index (κ1) is 23.8. The van der Waals surface area contributed by atoms with E-state index in [0.717, 1.165) is 18.5 Å². The number of halogens is 2. The Kier molecular flexibility index (Phi) is 7.49. The van der Waals surface area contributed by atoms with Gasteiger partial charge in [0.2, 0.25) is 5.91 Å². The fourth-order valence-corrected chi connectivity index (χ4v) is 3.47. The van der Waals surface area contributed by atoms with Crippen LogP contribution in [0, 0.1) is 0 Å². The number of aliphatic hydroxyl groups excluding tert-OH is 1. The Morgan fingerprint density at radius 3 is 2.56 bits per heavy atom. The van der Waals surface area contributed by atoms with E-state index in [1.54, 1.807) is 28.0 Å². The number of nitrogens with one attached hydrogen (secondary N) is 2. The van der Waals surface area contributed by atoms with Gasteiger partial charge in [0.15, 0.2) is 12.0 Å². The first-order valence-corrected chi connectivity index (χ1v) is 10.9. The summed E-state index contributed by atoms with van der Waals surface area (Å²) in [5.41, 5.74) is 1.24. The molecule has 3 aromatic rings. The van der Waals surface area contributed by atoms with Gasteiger partial charge >= 0.3 is 0 Å². The molecule has 14 heteroatoms. The molecule has 1 aliphatic heterocycles. The molecule has 1 atom stereocenters. The predicted molar refractivity (Wildman–Crippen MR) is 115 cm³/mol. The van der Waals surface area contributed by atoms with Crippen molar-refractivity contribution in [3.63, 3.8) is 0 Å². The number of hydrogen-bond donors (Lipinski definition) is 3. The van der Waals surface area contributed by atoms with Crippen LogP contribution < -0.4 is 10.6 Å². The summed E-state index contributed by atoms with van der Waals surface area (Å²) in [5, 5.41) is 31.6. The summed E-state index contributed by atoms with van der Waals surface area (Å²) in [6.45, 7) is 0.691. The highest BCUT2D eigenvalue weighted by atomic mass is 19.3. The number of aromatic nitrogens is 7. The van der Waals surface area contributed by atoms with E-state index in [1.807, 2.05) is 18.2 Å². The molecular formula is C20H26F2N10O2. The molecule has 182 valence electrons. The van der Waals surface area contributed by atoms with E-state index in [0.29, 0.717) is 25.3 Å². The Labute approximate surface area is 194 Å². The van der Waals surface area contributed by atoms with Crippen LogP contribution in [0.5, 0.6) is 0 Å². The third kappa shape index (κ3) is 6.82. The number of aryl methyl sites for hydroxylation is 2. The van der Waals surface area contributed by atoms with Crippen LogP contribution in [0.4, 0.5) is 14.6 Å². The van der Waals surface area contributed by atoms with Crippen molar-refractivity contribution >= 4 is 11.7 Å². The minimum absolute atomic E-state index is 0.101. The molecule has 1 saturated heterocycles. The topological polar surface area (TPSA) is 139 Å². The molecular weight excluding hydrogens is 450 g/mol. The number of pyridine rings is 1. The number of aliphatic hydroxyl groups is 1. The number of amides is 1. The lowest BCUT2D eigenvalue weighted by atomic mass is 10.1. The van der Waals surface area contributed by atoms with E-state index in [4.69, 9.17) is 0 Å². The molecule has 1 amide bonds. The molecule has 3 aromatic heterocycles. The van der Waals surface area contributed by atoms with E-state index in [9.17, 15) is 18.7 Å². The molecule has 0 bridgehead atoms. The van der Waals surface area contributed by atoms with Gasteiger partial charge in [0.1, 0.15) is 5.69 Å². The Morgan fingerprint density at radius 1 is 1.12 bits per heavy atom. The van der Waals surface area contributed by atoms with Crippen molar-refractivity contribution in [1.29, 1.82) is 0 Å². The van der Waals surface area contributed by atoms with Crippen molar-refractivity contribution in [2.24, 2.45) is 0 Å². The maximum absolute atomic E-state index is 12.8. The van der Waals surface area contributed by atoms with E-state index >= 15 is 0 Å². The summed E-state index contributed by atoms with van der Waals surface area (Å²) in [7, 11) is 0. The average molecular weight is 476 g/mol. The maximum atomic E-state index is 12.8. The monoisotopic (exact) mass is 476 g/mol. The number of rotatable bonds is 12. The number of unbranched alkanes of at least 4 members (excludes halogenated alkanes) is 1. The molecule has 1 fully saturated rings. The Morgan fingerprint density at radius 2 is 1.85 bits per heavy atom. The van der Waals surface area contributed by atoms with E-state index in [-0.39, 0.29) is 12.4 Å². The predicted octanol–water partition coefficient (Wildman–Crippen LogP) is 0.415. The number of carbonyl (C=O) groups excluding carboxylic acids is 1. The molecule has 12 nitrogen and oxygen atoms in total. The maximum Gasteiger partial charge on any atom is 0.272 e. The molecule has 0 aromatic carbocycles.